The first-order valence-electron chi connectivity index (χ1n) is 6.39. The summed E-state index contributed by atoms with van der Waals surface area (Å²) >= 11 is 0. The van der Waals surface area contributed by atoms with Crippen LogP contribution in [0, 0.1) is 5.92 Å². The van der Waals surface area contributed by atoms with Gasteiger partial charge in [-0.15, -0.1) is 0 Å². The van der Waals surface area contributed by atoms with Crippen LogP contribution in [0.3, 0.4) is 0 Å². The maximum atomic E-state index is 11.4. The van der Waals surface area contributed by atoms with Gasteiger partial charge in [-0.2, -0.15) is 0 Å². The fourth-order valence-corrected chi connectivity index (χ4v) is 2.66. The van der Waals surface area contributed by atoms with Gasteiger partial charge in [0.05, 0.1) is 12.1 Å². The molecule has 0 heterocycles. The zero-order valence-corrected chi connectivity index (χ0v) is 10.5. The second-order valence-electron chi connectivity index (χ2n) is 4.94. The second kappa shape index (κ2) is 5.40. The van der Waals surface area contributed by atoms with Crippen LogP contribution >= 0.6 is 0 Å². The highest BCUT2D eigenvalue weighted by molar-refractivity contribution is 5.85. The number of hydrogen-bond donors (Lipinski definition) is 2. The fraction of sp³-hybridized carbons (Fsp3) is 0.500. The van der Waals surface area contributed by atoms with Gasteiger partial charge >= 0.3 is 0 Å². The van der Waals surface area contributed by atoms with Crippen LogP contribution in [0.25, 0.3) is 0 Å². The lowest BCUT2D eigenvalue weighted by Gasteiger charge is -2.27. The molecule has 1 amide bonds. The standard InChI is InChI=1S/C14H20N2O2/c15-13(17)14(16)9-4-5-11(14)8-10-18-12-6-2-1-3-7-12/h1-3,6-7,11H,4-5,8-10,16H2,(H2,15,17). The van der Waals surface area contributed by atoms with Gasteiger partial charge in [-0.1, -0.05) is 24.6 Å². The normalized spacial score (nSPS) is 27.1. The van der Waals surface area contributed by atoms with Gasteiger partial charge in [-0.3, -0.25) is 4.79 Å². The lowest BCUT2D eigenvalue weighted by Crippen LogP contribution is -2.54. The summed E-state index contributed by atoms with van der Waals surface area (Å²) < 4.78 is 5.63. The van der Waals surface area contributed by atoms with Crippen LogP contribution in [0.4, 0.5) is 0 Å². The zero-order valence-electron chi connectivity index (χ0n) is 10.5. The number of hydrogen-bond acceptors (Lipinski definition) is 3. The van der Waals surface area contributed by atoms with E-state index in [9.17, 15) is 4.79 Å². The molecule has 2 atom stereocenters. The molecule has 0 spiro atoms. The highest BCUT2D eigenvalue weighted by Crippen LogP contribution is 2.35. The van der Waals surface area contributed by atoms with E-state index in [1.807, 2.05) is 30.3 Å². The van der Waals surface area contributed by atoms with Gasteiger partial charge < -0.3 is 16.2 Å². The van der Waals surface area contributed by atoms with Gasteiger partial charge in [0.15, 0.2) is 0 Å². The number of nitrogens with two attached hydrogens (primary N) is 2. The van der Waals surface area contributed by atoms with Crippen molar-refractivity contribution in [1.82, 2.24) is 0 Å². The summed E-state index contributed by atoms with van der Waals surface area (Å²) in [7, 11) is 0. The van der Waals surface area contributed by atoms with Crippen molar-refractivity contribution in [2.24, 2.45) is 17.4 Å². The fourth-order valence-electron chi connectivity index (χ4n) is 2.66. The Labute approximate surface area is 107 Å². The molecule has 0 aromatic heterocycles. The smallest absolute Gasteiger partial charge is 0.237 e. The van der Waals surface area contributed by atoms with Crippen LogP contribution in [0.1, 0.15) is 25.7 Å². The predicted molar refractivity (Wildman–Crippen MR) is 70.0 cm³/mol. The van der Waals surface area contributed by atoms with Crippen LogP contribution in [0.5, 0.6) is 5.75 Å². The first-order valence-corrected chi connectivity index (χ1v) is 6.39. The molecule has 1 aromatic carbocycles. The van der Waals surface area contributed by atoms with Crippen molar-refractivity contribution in [3.8, 4) is 5.75 Å². The van der Waals surface area contributed by atoms with E-state index in [-0.39, 0.29) is 11.8 Å². The summed E-state index contributed by atoms with van der Waals surface area (Å²) in [5, 5.41) is 0. The molecule has 1 aromatic rings. The van der Waals surface area contributed by atoms with Gasteiger partial charge in [0.1, 0.15) is 5.75 Å². The molecule has 1 aliphatic carbocycles. The third-order valence-electron chi connectivity index (χ3n) is 3.81. The molecule has 0 bridgehead atoms. The van der Waals surface area contributed by atoms with Crippen molar-refractivity contribution in [2.45, 2.75) is 31.2 Å². The topological polar surface area (TPSA) is 78.3 Å². The number of carbonyl (C=O) groups is 1. The molecule has 1 saturated carbocycles. The van der Waals surface area contributed by atoms with Gasteiger partial charge in [-0.05, 0) is 37.3 Å². The maximum Gasteiger partial charge on any atom is 0.237 e. The molecule has 98 valence electrons. The molecule has 4 N–H and O–H groups in total. The maximum absolute atomic E-state index is 11.4. The third-order valence-corrected chi connectivity index (χ3v) is 3.81. The SMILES string of the molecule is NC(=O)C1(N)CCCC1CCOc1ccccc1. The van der Waals surface area contributed by atoms with Gasteiger partial charge in [0.25, 0.3) is 0 Å². The Morgan fingerprint density at radius 1 is 1.39 bits per heavy atom. The Kier molecular flexibility index (Phi) is 3.87. The summed E-state index contributed by atoms with van der Waals surface area (Å²) in [4.78, 5) is 11.4. The number of ether oxygens (including phenoxy) is 1. The van der Waals surface area contributed by atoms with E-state index in [2.05, 4.69) is 0 Å². The van der Waals surface area contributed by atoms with E-state index in [1.165, 1.54) is 0 Å². The lowest BCUT2D eigenvalue weighted by atomic mass is 9.85. The lowest BCUT2D eigenvalue weighted by molar-refractivity contribution is -0.124. The Morgan fingerprint density at radius 2 is 2.11 bits per heavy atom. The minimum atomic E-state index is -0.833. The van der Waals surface area contributed by atoms with Crippen molar-refractivity contribution in [2.75, 3.05) is 6.61 Å². The number of para-hydroxylation sites is 1. The first-order chi connectivity index (χ1) is 8.63. The summed E-state index contributed by atoms with van der Waals surface area (Å²) in [5.74, 6) is 0.598. The monoisotopic (exact) mass is 248 g/mol. The van der Waals surface area contributed by atoms with Crippen molar-refractivity contribution >= 4 is 5.91 Å². The quantitative estimate of drug-likeness (QED) is 0.827. The molecular formula is C14H20N2O2. The highest BCUT2D eigenvalue weighted by Gasteiger charge is 2.43. The van der Waals surface area contributed by atoms with Crippen LogP contribution in [0.15, 0.2) is 30.3 Å². The molecule has 1 aliphatic rings. The largest absolute Gasteiger partial charge is 0.494 e. The number of primary amides is 1. The van der Waals surface area contributed by atoms with E-state index < -0.39 is 5.54 Å². The Balaban J connectivity index is 1.85. The number of rotatable bonds is 5. The predicted octanol–water partition coefficient (Wildman–Crippen LogP) is 1.44. The summed E-state index contributed by atoms with van der Waals surface area (Å²) in [6.45, 7) is 0.570. The summed E-state index contributed by atoms with van der Waals surface area (Å²) in [6.07, 6.45) is 3.39. The molecule has 2 unspecified atom stereocenters. The summed E-state index contributed by atoms with van der Waals surface area (Å²) in [6, 6.07) is 9.64. The van der Waals surface area contributed by atoms with Crippen LogP contribution < -0.4 is 16.2 Å². The molecule has 4 heteroatoms. The Morgan fingerprint density at radius 3 is 2.78 bits per heavy atom. The average Bonchev–Trinajstić information content (AvgIpc) is 2.74. The van der Waals surface area contributed by atoms with E-state index in [4.69, 9.17) is 16.2 Å². The van der Waals surface area contributed by atoms with Crippen molar-refractivity contribution in [3.05, 3.63) is 30.3 Å². The van der Waals surface area contributed by atoms with Gasteiger partial charge in [0.2, 0.25) is 5.91 Å². The van der Waals surface area contributed by atoms with E-state index in [0.717, 1.165) is 25.0 Å². The van der Waals surface area contributed by atoms with Crippen LogP contribution in [-0.4, -0.2) is 18.1 Å². The van der Waals surface area contributed by atoms with E-state index >= 15 is 0 Å². The average molecular weight is 248 g/mol. The molecule has 18 heavy (non-hydrogen) atoms. The van der Waals surface area contributed by atoms with E-state index in [1.54, 1.807) is 0 Å². The molecule has 0 radical (unpaired) electrons. The number of benzene rings is 1. The summed E-state index contributed by atoms with van der Waals surface area (Å²) in [5.41, 5.74) is 10.7. The van der Waals surface area contributed by atoms with Gasteiger partial charge in [-0.25, -0.2) is 0 Å². The zero-order chi connectivity index (χ0) is 13.0. The Hall–Kier alpha value is -1.55. The molecular weight excluding hydrogens is 228 g/mol. The molecule has 4 nitrogen and oxygen atoms in total. The molecule has 1 fully saturated rings. The van der Waals surface area contributed by atoms with E-state index in [0.29, 0.717) is 13.0 Å². The van der Waals surface area contributed by atoms with Crippen molar-refractivity contribution in [1.29, 1.82) is 0 Å². The second-order valence-corrected chi connectivity index (χ2v) is 4.94. The van der Waals surface area contributed by atoms with Crippen molar-refractivity contribution in [3.63, 3.8) is 0 Å². The number of carbonyl (C=O) groups excluding carboxylic acids is 1. The minimum Gasteiger partial charge on any atom is -0.494 e. The van der Waals surface area contributed by atoms with Crippen molar-refractivity contribution < 1.29 is 9.53 Å². The Bertz CT molecular complexity index is 408. The van der Waals surface area contributed by atoms with Gasteiger partial charge in [0, 0.05) is 0 Å². The van der Waals surface area contributed by atoms with Crippen LogP contribution in [0.2, 0.25) is 0 Å². The number of amides is 1. The highest BCUT2D eigenvalue weighted by atomic mass is 16.5. The molecule has 2 rings (SSSR count). The third kappa shape index (κ3) is 2.64. The first kappa shape index (κ1) is 12.9. The van der Waals surface area contributed by atoms with Crippen LogP contribution in [-0.2, 0) is 4.79 Å². The molecule has 0 saturated heterocycles. The molecule has 0 aliphatic heterocycles. The minimum absolute atomic E-state index is 0.138.